The van der Waals surface area contributed by atoms with E-state index in [0.29, 0.717) is 5.56 Å². The fraction of sp³-hybridized carbons (Fsp3) is 0.263. The number of pyridine rings is 1. The molecule has 0 bridgehead atoms. The largest absolute Gasteiger partial charge is 0.445 e. The zero-order valence-corrected chi connectivity index (χ0v) is 15.7. The Hall–Kier alpha value is -3.04. The zero-order chi connectivity index (χ0) is 20.7. The summed E-state index contributed by atoms with van der Waals surface area (Å²) in [5.41, 5.74) is 2.69. The summed E-state index contributed by atoms with van der Waals surface area (Å²) in [7, 11) is 0. The van der Waals surface area contributed by atoms with Gasteiger partial charge in [-0.2, -0.15) is 0 Å². The topological polar surface area (TPSA) is 96.6 Å². The number of aromatic nitrogens is 1. The number of hydrogen-bond donors (Lipinski definition) is 3. The van der Waals surface area contributed by atoms with Crippen molar-refractivity contribution >= 4 is 28.3 Å². The van der Waals surface area contributed by atoms with Crippen molar-refractivity contribution in [2.24, 2.45) is 0 Å². The molecule has 0 saturated heterocycles. The lowest BCUT2D eigenvalue weighted by Gasteiger charge is -2.09. The van der Waals surface area contributed by atoms with Crippen LogP contribution in [-0.2, 0) is 4.84 Å². The number of halogens is 2. The summed E-state index contributed by atoms with van der Waals surface area (Å²) in [6.07, 6.45) is 2.23. The van der Waals surface area contributed by atoms with Gasteiger partial charge in [0.25, 0.3) is 0 Å². The summed E-state index contributed by atoms with van der Waals surface area (Å²) in [5.74, 6) is -2.47. The van der Waals surface area contributed by atoms with Crippen molar-refractivity contribution in [1.29, 1.82) is 0 Å². The molecule has 28 heavy (non-hydrogen) atoms. The number of aliphatic hydroxyl groups is 1. The molecule has 0 fully saturated rings. The molecular formula is C19H21F2N3O4. The van der Waals surface area contributed by atoms with Crippen LogP contribution in [0.15, 0.2) is 35.0 Å². The lowest BCUT2D eigenvalue weighted by molar-refractivity contribution is 0.0152. The number of carbonyl (C=O) groups excluding carboxylic acids is 1. The van der Waals surface area contributed by atoms with Crippen LogP contribution in [0.1, 0.15) is 30.0 Å². The Morgan fingerprint density at radius 2 is 2.00 bits per heavy atom. The first-order chi connectivity index (χ1) is 13.5. The fourth-order valence-corrected chi connectivity index (χ4v) is 2.33. The van der Waals surface area contributed by atoms with Gasteiger partial charge in [0.15, 0.2) is 11.4 Å². The Balaban J connectivity index is 0.00000136. The van der Waals surface area contributed by atoms with Gasteiger partial charge in [0.2, 0.25) is 5.76 Å². The van der Waals surface area contributed by atoms with Crippen molar-refractivity contribution in [2.45, 2.75) is 20.8 Å². The molecule has 0 atom stereocenters. The number of anilines is 2. The minimum Gasteiger partial charge on any atom is -0.445 e. The van der Waals surface area contributed by atoms with Crippen LogP contribution in [0.3, 0.4) is 0 Å². The molecule has 0 aliphatic rings. The molecule has 1 amide bonds. The van der Waals surface area contributed by atoms with Crippen LogP contribution in [-0.4, -0.2) is 29.2 Å². The van der Waals surface area contributed by atoms with E-state index in [-0.39, 0.29) is 41.3 Å². The molecule has 2 aromatic heterocycles. The lowest BCUT2D eigenvalue weighted by Crippen LogP contribution is -2.25. The molecule has 0 aliphatic heterocycles. The van der Waals surface area contributed by atoms with E-state index in [9.17, 15) is 13.6 Å². The predicted molar refractivity (Wildman–Crippen MR) is 100 cm³/mol. The molecule has 0 unspecified atom stereocenters. The lowest BCUT2D eigenvalue weighted by atomic mass is 10.2. The summed E-state index contributed by atoms with van der Waals surface area (Å²) in [6, 6.07) is 4.48. The molecule has 1 aromatic carbocycles. The Bertz CT molecular complexity index is 960. The van der Waals surface area contributed by atoms with Gasteiger partial charge in [0.1, 0.15) is 11.5 Å². The molecule has 0 radical (unpaired) electrons. The van der Waals surface area contributed by atoms with Crippen LogP contribution in [0.5, 0.6) is 0 Å². The molecule has 0 spiro atoms. The Labute approximate surface area is 160 Å². The molecule has 3 aromatic rings. The number of furan rings is 1. The number of rotatable bonds is 6. The average Bonchev–Trinajstić information content (AvgIpc) is 3.06. The van der Waals surface area contributed by atoms with Crippen LogP contribution in [0.25, 0.3) is 11.0 Å². The van der Waals surface area contributed by atoms with E-state index in [1.54, 1.807) is 13.0 Å². The van der Waals surface area contributed by atoms with Crippen molar-refractivity contribution in [2.75, 3.05) is 18.5 Å². The highest BCUT2D eigenvalue weighted by Gasteiger charge is 2.24. The van der Waals surface area contributed by atoms with Crippen LogP contribution in [0.4, 0.5) is 20.2 Å². The summed E-state index contributed by atoms with van der Waals surface area (Å²) >= 11 is 0. The average molecular weight is 393 g/mol. The number of nitrogens with zero attached hydrogens (tertiary/aromatic N) is 1. The summed E-state index contributed by atoms with van der Waals surface area (Å²) in [6.45, 7) is 5.28. The van der Waals surface area contributed by atoms with Gasteiger partial charge in [-0.1, -0.05) is 19.9 Å². The normalized spacial score (nSPS) is 10.4. The predicted octanol–water partition coefficient (Wildman–Crippen LogP) is 3.84. The summed E-state index contributed by atoms with van der Waals surface area (Å²) < 4.78 is 33.4. The number of aryl methyl sites for hydroxylation is 1. The van der Waals surface area contributed by atoms with Crippen molar-refractivity contribution in [3.05, 3.63) is 53.6 Å². The molecular weight excluding hydrogens is 372 g/mol. The van der Waals surface area contributed by atoms with E-state index < -0.39 is 17.5 Å². The number of nitrogens with one attached hydrogen (secondary N) is 2. The highest BCUT2D eigenvalue weighted by Crippen LogP contribution is 2.34. The second-order valence-electron chi connectivity index (χ2n) is 5.42. The zero-order valence-electron chi connectivity index (χ0n) is 15.7. The van der Waals surface area contributed by atoms with Gasteiger partial charge in [0.05, 0.1) is 30.5 Å². The molecule has 3 N–H and O–H groups in total. The van der Waals surface area contributed by atoms with E-state index in [1.165, 1.54) is 18.3 Å². The minimum atomic E-state index is -0.830. The van der Waals surface area contributed by atoms with E-state index in [0.717, 1.165) is 6.20 Å². The van der Waals surface area contributed by atoms with Crippen LogP contribution >= 0.6 is 0 Å². The molecule has 0 saturated carbocycles. The number of aliphatic hydroxyl groups excluding tert-OH is 1. The van der Waals surface area contributed by atoms with Gasteiger partial charge >= 0.3 is 5.91 Å². The van der Waals surface area contributed by atoms with Crippen LogP contribution in [0.2, 0.25) is 0 Å². The maximum atomic E-state index is 14.2. The van der Waals surface area contributed by atoms with E-state index in [4.69, 9.17) is 14.4 Å². The third kappa shape index (κ3) is 4.62. The third-order valence-electron chi connectivity index (χ3n) is 3.50. The molecule has 7 nitrogen and oxygen atoms in total. The fourth-order valence-electron chi connectivity index (χ4n) is 2.33. The van der Waals surface area contributed by atoms with Gasteiger partial charge in [-0.3, -0.25) is 14.6 Å². The first-order valence-electron chi connectivity index (χ1n) is 8.63. The highest BCUT2D eigenvalue weighted by molar-refractivity contribution is 6.06. The smallest absolute Gasteiger partial charge is 0.312 e. The molecule has 2 heterocycles. The number of hydrogen-bond acceptors (Lipinski definition) is 6. The number of fused-ring (bicyclic) bond motifs is 1. The number of hydroxylamine groups is 1. The second kappa shape index (κ2) is 9.77. The van der Waals surface area contributed by atoms with Crippen molar-refractivity contribution in [3.8, 4) is 0 Å². The van der Waals surface area contributed by atoms with Crippen LogP contribution < -0.4 is 10.8 Å². The van der Waals surface area contributed by atoms with Gasteiger partial charge in [-0.25, -0.2) is 14.3 Å². The Kier molecular flexibility index (Phi) is 7.42. The van der Waals surface area contributed by atoms with Crippen LogP contribution in [0, 0.1) is 18.6 Å². The third-order valence-corrected chi connectivity index (χ3v) is 3.50. The van der Waals surface area contributed by atoms with Crippen molar-refractivity contribution < 1.29 is 27.9 Å². The molecule has 3 rings (SSSR count). The molecule has 9 heteroatoms. The second-order valence-corrected chi connectivity index (χ2v) is 5.42. The first kappa shape index (κ1) is 21.3. The summed E-state index contributed by atoms with van der Waals surface area (Å²) in [4.78, 5) is 20.7. The van der Waals surface area contributed by atoms with Gasteiger partial charge < -0.3 is 14.8 Å². The Morgan fingerprint density at radius 1 is 1.25 bits per heavy atom. The Morgan fingerprint density at radius 3 is 2.68 bits per heavy atom. The van der Waals surface area contributed by atoms with E-state index in [1.807, 2.05) is 13.8 Å². The number of amides is 1. The quantitative estimate of drug-likeness (QED) is 0.435. The highest BCUT2D eigenvalue weighted by atomic mass is 19.1. The van der Waals surface area contributed by atoms with Gasteiger partial charge in [-0.15, -0.1) is 0 Å². The first-order valence-corrected chi connectivity index (χ1v) is 8.63. The van der Waals surface area contributed by atoms with Crippen molar-refractivity contribution in [3.63, 3.8) is 0 Å². The van der Waals surface area contributed by atoms with Gasteiger partial charge in [0, 0.05) is 6.20 Å². The maximum absolute atomic E-state index is 14.2. The van der Waals surface area contributed by atoms with E-state index in [2.05, 4.69) is 15.8 Å². The SMILES string of the molecule is CC.Cc1ccc(Nc2c(C(=O)NOCCO)oc3c(F)cncc23)c(F)c1. The minimum absolute atomic E-state index is 0.0415. The monoisotopic (exact) mass is 393 g/mol. The summed E-state index contributed by atoms with van der Waals surface area (Å²) in [5, 5.41) is 11.6. The van der Waals surface area contributed by atoms with Gasteiger partial charge in [-0.05, 0) is 24.6 Å². The number of carbonyl (C=O) groups is 1. The maximum Gasteiger partial charge on any atom is 0.312 e. The number of benzene rings is 1. The molecule has 150 valence electrons. The van der Waals surface area contributed by atoms with Crippen molar-refractivity contribution in [1.82, 2.24) is 10.5 Å². The molecule has 0 aliphatic carbocycles. The van der Waals surface area contributed by atoms with E-state index >= 15 is 0 Å². The standard InChI is InChI=1S/C17H15F2N3O4.C2H6/c1-9-2-3-13(11(18)6-9)21-14-10-7-20-8-12(19)15(10)26-16(14)17(24)22-25-5-4-23;1-2/h2-3,6-8,21,23H,4-5H2,1H3,(H,22,24);1-2H3.